The summed E-state index contributed by atoms with van der Waals surface area (Å²) < 4.78 is 38.7. The molecule has 1 aliphatic rings. The number of anilines is 1. The second-order valence-electron chi connectivity index (χ2n) is 5.58. The maximum absolute atomic E-state index is 12.9. The molecule has 0 aromatic heterocycles. The number of amides is 3. The van der Waals surface area contributed by atoms with Crippen molar-refractivity contribution >= 4 is 35.0 Å². The molecule has 0 aliphatic carbocycles. The molecule has 5 nitrogen and oxygen atoms in total. The summed E-state index contributed by atoms with van der Waals surface area (Å²) in [5, 5.41) is 1.83. The highest BCUT2D eigenvalue weighted by Gasteiger charge is 2.34. The normalized spacial score (nSPS) is 13.8. The number of imide groups is 1. The van der Waals surface area contributed by atoms with Gasteiger partial charge in [-0.15, -0.1) is 0 Å². The zero-order valence-electron chi connectivity index (χ0n) is 13.1. The van der Waals surface area contributed by atoms with Crippen LogP contribution in [0.3, 0.4) is 0 Å². The Hall–Kier alpha value is -2.87. The number of nitrogens with zero attached hydrogens (tertiary/aromatic N) is 1. The molecule has 0 unspecified atom stereocenters. The van der Waals surface area contributed by atoms with E-state index in [9.17, 15) is 27.6 Å². The minimum atomic E-state index is -4.66. The Morgan fingerprint density at radius 2 is 1.69 bits per heavy atom. The number of nitrogens with one attached hydrogen (secondary N) is 1. The number of alkyl halides is 3. The van der Waals surface area contributed by atoms with Crippen LogP contribution >= 0.6 is 11.6 Å². The van der Waals surface area contributed by atoms with Crippen LogP contribution in [0.1, 0.15) is 36.6 Å². The summed E-state index contributed by atoms with van der Waals surface area (Å²) >= 11 is 5.53. The number of benzene rings is 2. The van der Waals surface area contributed by atoms with Crippen LogP contribution in [0, 0.1) is 0 Å². The van der Waals surface area contributed by atoms with Gasteiger partial charge in [0.15, 0.2) is 0 Å². The average Bonchev–Trinajstić information content (AvgIpc) is 2.79. The lowest BCUT2D eigenvalue weighted by molar-refractivity contribution is -0.137. The summed E-state index contributed by atoms with van der Waals surface area (Å²) in [5.74, 6) is -1.76. The molecule has 3 amide bonds. The minimum absolute atomic E-state index is 0.0312. The largest absolute Gasteiger partial charge is 0.417 e. The van der Waals surface area contributed by atoms with Crippen molar-refractivity contribution in [2.24, 2.45) is 0 Å². The summed E-state index contributed by atoms with van der Waals surface area (Å²) in [6.45, 7) is 0. The van der Waals surface area contributed by atoms with E-state index in [-0.39, 0.29) is 22.4 Å². The molecule has 134 valence electrons. The van der Waals surface area contributed by atoms with Crippen LogP contribution in [0.2, 0.25) is 5.02 Å². The lowest BCUT2D eigenvalue weighted by Crippen LogP contribution is -2.24. The van der Waals surface area contributed by atoms with Gasteiger partial charge in [-0.05, 0) is 36.4 Å². The topological polar surface area (TPSA) is 66.5 Å². The molecule has 0 saturated heterocycles. The standard InChI is InChI=1S/C17H10ClF3N2O3/c1-23-15(25)10-4-2-8(6-11(10)16(23)26)14(24)22-9-3-5-13(18)12(7-9)17(19,20)21/h2-7H,1H3,(H,22,24). The quantitative estimate of drug-likeness (QED) is 0.803. The summed E-state index contributed by atoms with van der Waals surface area (Å²) in [4.78, 5) is 37.0. The van der Waals surface area contributed by atoms with Gasteiger partial charge < -0.3 is 5.32 Å². The molecule has 2 aromatic carbocycles. The second kappa shape index (κ2) is 6.14. The van der Waals surface area contributed by atoms with Crippen LogP contribution in [-0.2, 0) is 6.18 Å². The van der Waals surface area contributed by atoms with Gasteiger partial charge in [0.2, 0.25) is 0 Å². The summed E-state index contributed by atoms with van der Waals surface area (Å²) in [6, 6.07) is 6.85. The fourth-order valence-corrected chi connectivity index (χ4v) is 2.75. The van der Waals surface area contributed by atoms with E-state index < -0.39 is 34.5 Å². The molecule has 0 saturated carbocycles. The summed E-state index contributed by atoms with van der Waals surface area (Å²) in [7, 11) is 1.32. The zero-order chi connectivity index (χ0) is 19.2. The molecular formula is C17H10ClF3N2O3. The van der Waals surface area contributed by atoms with Gasteiger partial charge in [0, 0.05) is 18.3 Å². The first kappa shape index (κ1) is 17.9. The molecule has 2 aromatic rings. The van der Waals surface area contributed by atoms with Crippen LogP contribution in [0.4, 0.5) is 18.9 Å². The Morgan fingerprint density at radius 3 is 2.35 bits per heavy atom. The highest BCUT2D eigenvalue weighted by Crippen LogP contribution is 2.36. The molecule has 0 spiro atoms. The Bertz CT molecular complexity index is 957. The van der Waals surface area contributed by atoms with Gasteiger partial charge >= 0.3 is 6.18 Å². The first-order valence-electron chi connectivity index (χ1n) is 7.24. The maximum atomic E-state index is 12.9. The Morgan fingerprint density at radius 1 is 1.04 bits per heavy atom. The lowest BCUT2D eigenvalue weighted by atomic mass is 10.1. The molecule has 9 heteroatoms. The molecule has 0 bridgehead atoms. The SMILES string of the molecule is CN1C(=O)c2ccc(C(=O)Nc3ccc(Cl)c(C(F)(F)F)c3)cc2C1=O. The lowest BCUT2D eigenvalue weighted by Gasteiger charge is -2.12. The first-order valence-corrected chi connectivity index (χ1v) is 7.62. The highest BCUT2D eigenvalue weighted by molar-refractivity contribution is 6.31. The van der Waals surface area contributed by atoms with Crippen LogP contribution in [0.25, 0.3) is 0 Å². The number of carbonyl (C=O) groups is 3. The van der Waals surface area contributed by atoms with Gasteiger partial charge in [-0.25, -0.2) is 0 Å². The number of halogens is 4. The van der Waals surface area contributed by atoms with Crippen LogP contribution in [0.15, 0.2) is 36.4 Å². The van der Waals surface area contributed by atoms with Crippen LogP contribution < -0.4 is 5.32 Å². The third-order valence-electron chi connectivity index (χ3n) is 3.88. The van der Waals surface area contributed by atoms with E-state index in [0.29, 0.717) is 0 Å². The van der Waals surface area contributed by atoms with E-state index in [0.717, 1.165) is 17.0 Å². The fraction of sp³-hybridized carbons (Fsp3) is 0.118. The molecule has 0 atom stereocenters. The number of fused-ring (bicyclic) bond motifs is 1. The predicted octanol–water partition coefficient (Wildman–Crippen LogP) is 3.84. The van der Waals surface area contributed by atoms with Crippen molar-refractivity contribution in [1.29, 1.82) is 0 Å². The molecule has 0 fully saturated rings. The Balaban J connectivity index is 1.89. The van der Waals surface area contributed by atoms with Crippen LogP contribution in [0.5, 0.6) is 0 Å². The molecule has 3 rings (SSSR count). The third kappa shape index (κ3) is 3.03. The van der Waals surface area contributed by atoms with Crippen LogP contribution in [-0.4, -0.2) is 29.7 Å². The average molecular weight is 383 g/mol. The highest BCUT2D eigenvalue weighted by atomic mass is 35.5. The number of rotatable bonds is 2. The third-order valence-corrected chi connectivity index (χ3v) is 4.21. The molecule has 0 radical (unpaired) electrons. The maximum Gasteiger partial charge on any atom is 0.417 e. The molecule has 1 N–H and O–H groups in total. The molecular weight excluding hydrogens is 373 g/mol. The van der Waals surface area contributed by atoms with E-state index in [4.69, 9.17) is 11.6 Å². The molecule has 1 aliphatic heterocycles. The van der Waals surface area contributed by atoms with E-state index in [1.165, 1.54) is 31.3 Å². The van der Waals surface area contributed by atoms with Gasteiger partial charge in [-0.1, -0.05) is 11.6 Å². The van der Waals surface area contributed by atoms with Crippen molar-refractivity contribution in [1.82, 2.24) is 4.90 Å². The van der Waals surface area contributed by atoms with Crippen molar-refractivity contribution in [2.45, 2.75) is 6.18 Å². The smallest absolute Gasteiger partial charge is 0.322 e. The van der Waals surface area contributed by atoms with Gasteiger partial charge in [0.25, 0.3) is 17.7 Å². The molecule has 1 heterocycles. The Kier molecular flexibility index (Phi) is 4.23. The van der Waals surface area contributed by atoms with Crippen molar-refractivity contribution in [3.63, 3.8) is 0 Å². The van der Waals surface area contributed by atoms with E-state index in [2.05, 4.69) is 5.32 Å². The van der Waals surface area contributed by atoms with Crippen molar-refractivity contribution in [3.8, 4) is 0 Å². The van der Waals surface area contributed by atoms with Gasteiger partial charge in [0.05, 0.1) is 21.7 Å². The predicted molar refractivity (Wildman–Crippen MR) is 87.3 cm³/mol. The van der Waals surface area contributed by atoms with E-state index in [1.807, 2.05) is 0 Å². The summed E-state index contributed by atoms with van der Waals surface area (Å²) in [6.07, 6.45) is -4.66. The monoisotopic (exact) mass is 382 g/mol. The number of carbonyl (C=O) groups excluding carboxylic acids is 3. The van der Waals surface area contributed by atoms with Gasteiger partial charge in [-0.2, -0.15) is 13.2 Å². The number of hydrogen-bond donors (Lipinski definition) is 1. The van der Waals surface area contributed by atoms with Gasteiger partial charge in [0.1, 0.15) is 0 Å². The van der Waals surface area contributed by atoms with E-state index in [1.54, 1.807) is 0 Å². The van der Waals surface area contributed by atoms with Gasteiger partial charge in [-0.3, -0.25) is 19.3 Å². The fourth-order valence-electron chi connectivity index (χ4n) is 2.53. The number of hydrogen-bond acceptors (Lipinski definition) is 3. The van der Waals surface area contributed by atoms with Crippen molar-refractivity contribution in [2.75, 3.05) is 12.4 Å². The summed E-state index contributed by atoms with van der Waals surface area (Å²) in [5.41, 5.74) is -0.916. The minimum Gasteiger partial charge on any atom is -0.322 e. The zero-order valence-corrected chi connectivity index (χ0v) is 13.9. The Labute approximate surface area is 150 Å². The second-order valence-corrected chi connectivity index (χ2v) is 5.98. The van der Waals surface area contributed by atoms with Crippen molar-refractivity contribution < 1.29 is 27.6 Å². The van der Waals surface area contributed by atoms with E-state index >= 15 is 0 Å². The molecule has 26 heavy (non-hydrogen) atoms. The van der Waals surface area contributed by atoms with Crippen molar-refractivity contribution in [3.05, 3.63) is 63.7 Å². The first-order chi connectivity index (χ1) is 12.1.